The number of nitrogens with zero attached hydrogens (tertiary/aromatic N) is 1. The van der Waals surface area contributed by atoms with Gasteiger partial charge < -0.3 is 23.7 Å². The molecular weight excluding hydrogens is 386 g/mol. The predicted octanol–water partition coefficient (Wildman–Crippen LogP) is 3.51. The minimum Gasteiger partial charge on any atom is -0.497 e. The average molecular weight is 411 g/mol. The maximum absolute atomic E-state index is 13.0. The number of fused-ring (bicyclic) bond motifs is 3. The molecule has 0 N–H and O–H groups in total. The third-order valence-electron chi connectivity index (χ3n) is 5.23. The van der Waals surface area contributed by atoms with Crippen LogP contribution in [0.4, 0.5) is 0 Å². The molecule has 0 atom stereocenters. The van der Waals surface area contributed by atoms with Crippen LogP contribution in [-0.4, -0.2) is 51.9 Å². The topological polar surface area (TPSA) is 66.5 Å². The average Bonchev–Trinajstić information content (AvgIpc) is 3.10. The van der Waals surface area contributed by atoms with Gasteiger partial charge in [-0.05, 0) is 36.8 Å². The highest BCUT2D eigenvalue weighted by atomic mass is 16.5. The highest BCUT2D eigenvalue weighted by Crippen LogP contribution is 2.42. The number of hydrogen-bond acceptors (Lipinski definition) is 7. The first-order chi connectivity index (χ1) is 14.6. The monoisotopic (exact) mass is 411 g/mol. The number of allylic oxidation sites excluding steroid dienone is 1. The third kappa shape index (κ3) is 3.86. The van der Waals surface area contributed by atoms with Crippen molar-refractivity contribution < 1.29 is 28.5 Å². The van der Waals surface area contributed by atoms with Crippen molar-refractivity contribution in [2.75, 3.05) is 41.2 Å². The molecule has 0 saturated heterocycles. The summed E-state index contributed by atoms with van der Waals surface area (Å²) in [4.78, 5) is 15.1. The van der Waals surface area contributed by atoms with Gasteiger partial charge in [-0.2, -0.15) is 0 Å². The van der Waals surface area contributed by atoms with Crippen molar-refractivity contribution in [3.8, 4) is 23.0 Å². The van der Waals surface area contributed by atoms with Crippen molar-refractivity contribution in [1.82, 2.24) is 4.90 Å². The fourth-order valence-electron chi connectivity index (χ4n) is 3.66. The van der Waals surface area contributed by atoms with E-state index in [0.29, 0.717) is 42.7 Å². The van der Waals surface area contributed by atoms with Gasteiger partial charge in [-0.3, -0.25) is 9.69 Å². The zero-order chi connectivity index (χ0) is 21.1. The summed E-state index contributed by atoms with van der Waals surface area (Å²) in [5, 5.41) is 0. The van der Waals surface area contributed by atoms with Crippen LogP contribution in [0.25, 0.3) is 6.08 Å². The molecule has 0 radical (unpaired) electrons. The number of carbonyl (C=O) groups excluding carboxylic acids is 1. The van der Waals surface area contributed by atoms with Gasteiger partial charge in [0.15, 0.2) is 5.76 Å². The van der Waals surface area contributed by atoms with E-state index in [-0.39, 0.29) is 11.5 Å². The van der Waals surface area contributed by atoms with E-state index in [1.54, 1.807) is 39.5 Å². The lowest BCUT2D eigenvalue weighted by atomic mass is 10.0. The fraction of sp³-hybridized carbons (Fsp3) is 0.348. The second kappa shape index (κ2) is 8.77. The molecular formula is C23H25NO6. The summed E-state index contributed by atoms with van der Waals surface area (Å²) < 4.78 is 27.7. The first kappa shape index (κ1) is 20.3. The smallest absolute Gasteiger partial charge is 0.231 e. The van der Waals surface area contributed by atoms with Crippen molar-refractivity contribution in [2.45, 2.75) is 13.0 Å². The molecule has 2 aliphatic heterocycles. The van der Waals surface area contributed by atoms with Gasteiger partial charge in [0.2, 0.25) is 5.78 Å². The van der Waals surface area contributed by atoms with Crippen LogP contribution in [0.15, 0.2) is 36.1 Å². The maximum Gasteiger partial charge on any atom is 0.231 e. The highest BCUT2D eigenvalue weighted by Gasteiger charge is 2.33. The first-order valence-corrected chi connectivity index (χ1v) is 9.81. The van der Waals surface area contributed by atoms with E-state index in [2.05, 4.69) is 4.90 Å². The van der Waals surface area contributed by atoms with Crippen LogP contribution >= 0.6 is 0 Å². The first-order valence-electron chi connectivity index (χ1n) is 9.81. The van der Waals surface area contributed by atoms with Gasteiger partial charge in [0.1, 0.15) is 29.7 Å². The van der Waals surface area contributed by atoms with Crippen molar-refractivity contribution in [2.24, 2.45) is 0 Å². The fourth-order valence-corrected chi connectivity index (χ4v) is 3.66. The second-order valence-corrected chi connectivity index (χ2v) is 7.14. The molecule has 0 saturated carbocycles. The van der Waals surface area contributed by atoms with Crippen molar-refractivity contribution in [3.63, 3.8) is 0 Å². The van der Waals surface area contributed by atoms with Gasteiger partial charge in [-0.1, -0.05) is 0 Å². The lowest BCUT2D eigenvalue weighted by Crippen LogP contribution is -2.33. The van der Waals surface area contributed by atoms with Gasteiger partial charge >= 0.3 is 0 Å². The molecule has 0 fully saturated rings. The third-order valence-corrected chi connectivity index (χ3v) is 5.23. The van der Waals surface area contributed by atoms with Gasteiger partial charge in [0, 0.05) is 38.4 Å². The number of methoxy groups -OCH3 is 3. The van der Waals surface area contributed by atoms with E-state index in [1.165, 1.54) is 0 Å². The maximum atomic E-state index is 13.0. The zero-order valence-electron chi connectivity index (χ0n) is 17.4. The van der Waals surface area contributed by atoms with Gasteiger partial charge in [0.25, 0.3) is 0 Å². The van der Waals surface area contributed by atoms with E-state index in [1.807, 2.05) is 18.2 Å². The van der Waals surface area contributed by atoms with Crippen LogP contribution in [0, 0.1) is 0 Å². The van der Waals surface area contributed by atoms with Crippen LogP contribution < -0.4 is 18.9 Å². The Kier molecular flexibility index (Phi) is 5.92. The highest BCUT2D eigenvalue weighted by molar-refractivity contribution is 6.15. The molecule has 0 aliphatic carbocycles. The largest absolute Gasteiger partial charge is 0.497 e. The molecule has 158 valence electrons. The van der Waals surface area contributed by atoms with Crippen molar-refractivity contribution in [3.05, 3.63) is 52.8 Å². The molecule has 0 spiro atoms. The number of Topliss-reactive ketones (excluding diaryl/α,β-unsaturated/α-hetero) is 1. The summed E-state index contributed by atoms with van der Waals surface area (Å²) in [5.41, 5.74) is 2.19. The Bertz CT molecular complexity index is 984. The summed E-state index contributed by atoms with van der Waals surface area (Å²) >= 11 is 0. The van der Waals surface area contributed by atoms with E-state index < -0.39 is 0 Å². The van der Waals surface area contributed by atoms with Crippen LogP contribution in [0.3, 0.4) is 0 Å². The lowest BCUT2D eigenvalue weighted by Gasteiger charge is -2.29. The number of benzene rings is 2. The summed E-state index contributed by atoms with van der Waals surface area (Å²) in [6.45, 7) is 2.71. The summed E-state index contributed by atoms with van der Waals surface area (Å²) in [7, 11) is 4.87. The molecule has 0 unspecified atom stereocenters. The minimum atomic E-state index is -0.151. The molecule has 2 aromatic carbocycles. The molecule has 0 bridgehead atoms. The molecule has 2 heterocycles. The number of carbonyl (C=O) groups is 1. The zero-order valence-corrected chi connectivity index (χ0v) is 17.4. The number of ketones is 1. The molecule has 30 heavy (non-hydrogen) atoms. The Labute approximate surface area is 175 Å². The molecule has 7 heteroatoms. The summed E-state index contributed by atoms with van der Waals surface area (Å²) in [6.07, 6.45) is 2.61. The minimum absolute atomic E-state index is 0.151. The molecule has 7 nitrogen and oxygen atoms in total. The van der Waals surface area contributed by atoms with E-state index in [4.69, 9.17) is 23.7 Å². The van der Waals surface area contributed by atoms with Gasteiger partial charge in [0.05, 0.1) is 25.3 Å². The molecule has 2 aliphatic rings. The lowest BCUT2D eigenvalue weighted by molar-refractivity contribution is 0.0823. The Morgan fingerprint density at radius 1 is 1.13 bits per heavy atom. The number of rotatable bonds is 7. The molecule has 4 rings (SSSR count). The Hall–Kier alpha value is -3.03. The van der Waals surface area contributed by atoms with Gasteiger partial charge in [-0.15, -0.1) is 0 Å². The number of ether oxygens (including phenoxy) is 5. The van der Waals surface area contributed by atoms with Gasteiger partial charge in [-0.25, -0.2) is 0 Å². The molecule has 2 aromatic rings. The Morgan fingerprint density at radius 2 is 2.00 bits per heavy atom. The van der Waals surface area contributed by atoms with E-state index in [9.17, 15) is 4.79 Å². The SMILES string of the molecule is COCCCN1COc2ccc3c(c2C1)O/C(=C\c1ccc(OC)cc1OC)C3=O. The van der Waals surface area contributed by atoms with Crippen molar-refractivity contribution >= 4 is 11.9 Å². The second-order valence-electron chi connectivity index (χ2n) is 7.14. The van der Waals surface area contributed by atoms with Crippen molar-refractivity contribution in [1.29, 1.82) is 0 Å². The Morgan fingerprint density at radius 3 is 2.77 bits per heavy atom. The quantitative estimate of drug-likeness (QED) is 0.510. The van der Waals surface area contributed by atoms with Crippen LogP contribution in [0.2, 0.25) is 0 Å². The van der Waals surface area contributed by atoms with Crippen LogP contribution in [0.1, 0.15) is 27.9 Å². The summed E-state index contributed by atoms with van der Waals surface area (Å²) in [6, 6.07) is 9.03. The predicted molar refractivity (Wildman–Crippen MR) is 111 cm³/mol. The normalized spacial score (nSPS) is 16.6. The van der Waals surface area contributed by atoms with E-state index in [0.717, 1.165) is 29.8 Å². The standard InChI is InChI=1S/C23H25NO6/c1-26-10-4-9-24-13-18-19(29-14-24)8-7-17-22(25)21(30-23(17)18)11-15-5-6-16(27-2)12-20(15)28-3/h5-8,11-12H,4,9-10,13-14H2,1-3H3/b21-11-. The summed E-state index contributed by atoms with van der Waals surface area (Å²) in [5.74, 6) is 2.72. The Balaban J connectivity index is 1.61. The number of hydrogen-bond donors (Lipinski definition) is 0. The molecule has 0 amide bonds. The van der Waals surface area contributed by atoms with Crippen LogP contribution in [-0.2, 0) is 11.3 Å². The van der Waals surface area contributed by atoms with Crippen LogP contribution in [0.5, 0.6) is 23.0 Å². The van der Waals surface area contributed by atoms with E-state index >= 15 is 0 Å². The molecule has 0 aromatic heterocycles.